The summed E-state index contributed by atoms with van der Waals surface area (Å²) < 4.78 is 11.3. The van der Waals surface area contributed by atoms with Gasteiger partial charge >= 0.3 is 12.1 Å². The Balaban J connectivity index is 2.48. The molecule has 7 nitrogen and oxygen atoms in total. The van der Waals surface area contributed by atoms with Gasteiger partial charge in [-0.05, 0) is 40.5 Å². The summed E-state index contributed by atoms with van der Waals surface area (Å²) in [5.74, 6) is 0. The van der Waals surface area contributed by atoms with Crippen molar-refractivity contribution in [3.05, 3.63) is 0 Å². The summed E-state index contributed by atoms with van der Waals surface area (Å²) >= 11 is 0. The van der Waals surface area contributed by atoms with Crippen molar-refractivity contribution in [2.24, 2.45) is 0 Å². The molecule has 3 amide bonds. The van der Waals surface area contributed by atoms with Gasteiger partial charge in [0.2, 0.25) is 0 Å². The minimum absolute atomic E-state index is 0.000772. The van der Waals surface area contributed by atoms with Crippen LogP contribution in [-0.4, -0.2) is 61.5 Å². The van der Waals surface area contributed by atoms with Crippen LogP contribution in [0.4, 0.5) is 9.59 Å². The summed E-state index contributed by atoms with van der Waals surface area (Å²) in [5, 5.41) is 5.51. The fraction of sp³-hybridized carbons (Fsp3) is 0.882. The first-order valence-electron chi connectivity index (χ1n) is 9.07. The fourth-order valence-corrected chi connectivity index (χ4v) is 2.68. The van der Waals surface area contributed by atoms with Crippen LogP contribution >= 0.6 is 0 Å². The van der Waals surface area contributed by atoms with Gasteiger partial charge in [0.25, 0.3) is 0 Å². The molecule has 1 fully saturated rings. The zero-order valence-corrected chi connectivity index (χ0v) is 15.5. The van der Waals surface area contributed by atoms with Crippen molar-refractivity contribution in [2.45, 2.75) is 71.6 Å². The minimum atomic E-state index is -0.496. The molecule has 7 heteroatoms. The van der Waals surface area contributed by atoms with Gasteiger partial charge in [-0.15, -0.1) is 0 Å². The molecule has 0 heterocycles. The normalized spacial score (nSPS) is 16.0. The first kappa shape index (κ1) is 20.5. The lowest BCUT2D eigenvalue weighted by Crippen LogP contribution is -2.46. The lowest BCUT2D eigenvalue weighted by molar-refractivity contribution is -0.0137. The van der Waals surface area contributed by atoms with E-state index in [1.54, 1.807) is 4.90 Å². The number of alkyl carbamates (subject to hydrolysis) is 1. The number of ether oxygens (including phenoxy) is 2. The number of hydrogen-bond acceptors (Lipinski definition) is 4. The molecule has 2 N–H and O–H groups in total. The maximum Gasteiger partial charge on any atom is 0.407 e. The maximum atomic E-state index is 12.1. The van der Waals surface area contributed by atoms with Gasteiger partial charge in [0, 0.05) is 19.1 Å². The van der Waals surface area contributed by atoms with Crippen molar-refractivity contribution in [3.63, 3.8) is 0 Å². The Morgan fingerprint density at radius 2 is 1.79 bits per heavy atom. The van der Waals surface area contributed by atoms with Gasteiger partial charge in [0.05, 0.1) is 19.3 Å². The number of nitrogens with one attached hydrogen (secondary N) is 2. The van der Waals surface area contributed by atoms with Gasteiger partial charge in [0.15, 0.2) is 0 Å². The van der Waals surface area contributed by atoms with E-state index in [0.717, 1.165) is 12.8 Å². The predicted octanol–water partition coefficient (Wildman–Crippen LogP) is 2.50. The number of rotatable bonds is 9. The smallest absolute Gasteiger partial charge is 0.407 e. The molecule has 0 radical (unpaired) electrons. The van der Waals surface area contributed by atoms with Gasteiger partial charge in [-0.2, -0.15) is 0 Å². The highest BCUT2D eigenvalue weighted by atomic mass is 16.6. The minimum Gasteiger partial charge on any atom is -0.442 e. The molecule has 0 saturated heterocycles. The Hall–Kier alpha value is -1.50. The van der Waals surface area contributed by atoms with Gasteiger partial charge in [0.1, 0.15) is 6.10 Å². The highest BCUT2D eigenvalue weighted by Gasteiger charge is 2.22. The van der Waals surface area contributed by atoms with Crippen molar-refractivity contribution in [3.8, 4) is 0 Å². The second-order valence-electron chi connectivity index (χ2n) is 6.42. The molecule has 1 aliphatic carbocycles. The first-order chi connectivity index (χ1) is 11.5. The number of hydrogen-bond donors (Lipinski definition) is 2. The molecule has 1 atom stereocenters. The Morgan fingerprint density at radius 1 is 1.17 bits per heavy atom. The highest BCUT2D eigenvalue weighted by molar-refractivity contribution is 5.74. The fourth-order valence-electron chi connectivity index (χ4n) is 2.68. The van der Waals surface area contributed by atoms with Crippen molar-refractivity contribution < 1.29 is 19.1 Å². The van der Waals surface area contributed by atoms with Gasteiger partial charge in [-0.3, -0.25) is 0 Å². The van der Waals surface area contributed by atoms with Gasteiger partial charge < -0.3 is 25.0 Å². The molecular weight excluding hydrogens is 310 g/mol. The highest BCUT2D eigenvalue weighted by Crippen LogP contribution is 2.21. The molecule has 0 spiro atoms. The third kappa shape index (κ3) is 7.86. The second kappa shape index (κ2) is 11.1. The molecule has 24 heavy (non-hydrogen) atoms. The molecule has 0 bridgehead atoms. The van der Waals surface area contributed by atoms with Crippen molar-refractivity contribution in [1.82, 2.24) is 15.5 Å². The molecule has 1 rings (SSSR count). The van der Waals surface area contributed by atoms with Crippen LogP contribution in [0.2, 0.25) is 0 Å². The molecule has 0 aromatic heterocycles. The molecule has 1 unspecified atom stereocenters. The molecule has 0 aliphatic heterocycles. The maximum absolute atomic E-state index is 12.1. The Labute approximate surface area is 145 Å². The summed E-state index contributed by atoms with van der Waals surface area (Å²) in [6.45, 7) is 9.41. The zero-order chi connectivity index (χ0) is 17.9. The molecule has 0 aromatic carbocycles. The Bertz CT molecular complexity index is 380. The largest absolute Gasteiger partial charge is 0.442 e. The number of carbonyl (C=O) groups is 2. The summed E-state index contributed by atoms with van der Waals surface area (Å²) in [6, 6.07) is -0.155. The Morgan fingerprint density at radius 3 is 2.33 bits per heavy atom. The summed E-state index contributed by atoms with van der Waals surface area (Å²) in [6.07, 6.45) is 3.73. The first-order valence-corrected chi connectivity index (χ1v) is 9.07. The topological polar surface area (TPSA) is 79.9 Å². The van der Waals surface area contributed by atoms with Crippen LogP contribution < -0.4 is 10.6 Å². The van der Waals surface area contributed by atoms with E-state index in [2.05, 4.69) is 10.6 Å². The molecule has 1 aliphatic rings. The van der Waals surface area contributed by atoms with Gasteiger partial charge in [-0.1, -0.05) is 12.8 Å². The van der Waals surface area contributed by atoms with Gasteiger partial charge in [-0.25, -0.2) is 9.59 Å². The SMILES string of the molecule is CCN(CC)C(=O)NCC(COC1CCCC1)OC(=O)NC(C)C. The van der Waals surface area contributed by atoms with E-state index in [-0.39, 0.29) is 24.7 Å². The van der Waals surface area contributed by atoms with E-state index < -0.39 is 12.2 Å². The van der Waals surface area contributed by atoms with E-state index >= 15 is 0 Å². The molecular formula is C17H33N3O4. The average Bonchev–Trinajstić information content (AvgIpc) is 3.03. The van der Waals surface area contributed by atoms with E-state index in [0.29, 0.717) is 19.7 Å². The third-order valence-electron chi connectivity index (χ3n) is 4.03. The quantitative estimate of drug-likeness (QED) is 0.674. The average molecular weight is 343 g/mol. The number of amides is 3. The number of nitrogens with zero attached hydrogens (tertiary/aromatic N) is 1. The van der Waals surface area contributed by atoms with Crippen LogP contribution in [0.25, 0.3) is 0 Å². The van der Waals surface area contributed by atoms with Crippen LogP contribution in [0.1, 0.15) is 53.4 Å². The summed E-state index contributed by atoms with van der Waals surface area (Å²) in [4.78, 5) is 25.6. The summed E-state index contributed by atoms with van der Waals surface area (Å²) in [7, 11) is 0. The van der Waals surface area contributed by atoms with E-state index in [1.807, 2.05) is 27.7 Å². The van der Waals surface area contributed by atoms with Crippen LogP contribution in [0.3, 0.4) is 0 Å². The van der Waals surface area contributed by atoms with Crippen LogP contribution in [0.5, 0.6) is 0 Å². The standard InChI is InChI=1S/C17H33N3O4/c1-5-20(6-2)16(21)18-11-15(24-17(22)19-13(3)4)12-23-14-9-7-8-10-14/h13-15H,5-12H2,1-4H3,(H,18,21)(H,19,22). The van der Waals surface area contributed by atoms with Crippen LogP contribution in [-0.2, 0) is 9.47 Å². The second-order valence-corrected chi connectivity index (χ2v) is 6.42. The summed E-state index contributed by atoms with van der Waals surface area (Å²) in [5.41, 5.74) is 0. The lowest BCUT2D eigenvalue weighted by atomic mass is 10.3. The van der Waals surface area contributed by atoms with E-state index in [1.165, 1.54) is 12.8 Å². The van der Waals surface area contributed by atoms with Crippen molar-refractivity contribution in [1.29, 1.82) is 0 Å². The third-order valence-corrected chi connectivity index (χ3v) is 4.03. The van der Waals surface area contributed by atoms with Crippen molar-refractivity contribution >= 4 is 12.1 Å². The van der Waals surface area contributed by atoms with E-state index in [9.17, 15) is 9.59 Å². The molecule has 140 valence electrons. The number of urea groups is 1. The Kier molecular flexibility index (Phi) is 9.52. The van der Waals surface area contributed by atoms with Crippen LogP contribution in [0.15, 0.2) is 0 Å². The van der Waals surface area contributed by atoms with Crippen LogP contribution in [0, 0.1) is 0 Å². The van der Waals surface area contributed by atoms with Crippen molar-refractivity contribution in [2.75, 3.05) is 26.2 Å². The lowest BCUT2D eigenvalue weighted by Gasteiger charge is -2.24. The molecule has 1 saturated carbocycles. The zero-order valence-electron chi connectivity index (χ0n) is 15.5. The molecule has 0 aromatic rings. The predicted molar refractivity (Wildman–Crippen MR) is 93.1 cm³/mol. The number of carbonyl (C=O) groups excluding carboxylic acids is 2. The van der Waals surface area contributed by atoms with E-state index in [4.69, 9.17) is 9.47 Å². The monoisotopic (exact) mass is 343 g/mol.